The molecule has 3 aromatic rings. The predicted molar refractivity (Wildman–Crippen MR) is 130 cm³/mol. The van der Waals surface area contributed by atoms with Crippen LogP contribution in [0.15, 0.2) is 78.9 Å². The van der Waals surface area contributed by atoms with E-state index >= 15 is 0 Å². The number of nitrogens with one attached hydrogen (secondary N) is 2. The molecule has 0 aliphatic heterocycles. The van der Waals surface area contributed by atoms with Gasteiger partial charge in [-0.15, -0.1) is 0 Å². The average Bonchev–Trinajstić information content (AvgIpc) is 2.83. The van der Waals surface area contributed by atoms with E-state index in [-0.39, 0.29) is 17.6 Å². The van der Waals surface area contributed by atoms with Crippen molar-refractivity contribution in [1.82, 2.24) is 5.32 Å². The van der Waals surface area contributed by atoms with Gasteiger partial charge < -0.3 is 10.6 Å². The second-order valence-electron chi connectivity index (χ2n) is 7.56. The molecule has 0 saturated carbocycles. The zero-order valence-electron chi connectivity index (χ0n) is 18.4. The Hall–Kier alpha value is -4.26. The number of nitro groups is 1. The number of para-hydroxylation sites is 1. The van der Waals surface area contributed by atoms with Crippen LogP contribution in [0.5, 0.6) is 0 Å². The highest BCUT2D eigenvalue weighted by atomic mass is 16.6. The molecule has 1 atom stereocenters. The van der Waals surface area contributed by atoms with Gasteiger partial charge in [-0.2, -0.15) is 0 Å². The Bertz CT molecular complexity index is 1190. The molecular weight excluding hydrogens is 418 g/mol. The quantitative estimate of drug-likeness (QED) is 0.213. The van der Waals surface area contributed by atoms with E-state index < -0.39 is 10.8 Å². The molecule has 0 spiro atoms. The topological polar surface area (TPSA) is 101 Å². The van der Waals surface area contributed by atoms with E-state index in [1.165, 1.54) is 12.1 Å². The monoisotopic (exact) mass is 443 g/mol. The largest absolute Gasteiger partial charge is 0.350 e. The highest BCUT2D eigenvalue weighted by Crippen LogP contribution is 2.24. The summed E-state index contributed by atoms with van der Waals surface area (Å²) in [6, 6.07) is 21.9. The Labute approximate surface area is 192 Å². The Kier molecular flexibility index (Phi) is 7.70. The lowest BCUT2D eigenvalue weighted by atomic mass is 10.0. The van der Waals surface area contributed by atoms with Crippen LogP contribution in [-0.4, -0.2) is 22.8 Å². The molecule has 7 nitrogen and oxygen atoms in total. The minimum absolute atomic E-state index is 0.00472. The predicted octanol–water partition coefficient (Wildman–Crippen LogP) is 5.30. The van der Waals surface area contributed by atoms with Crippen molar-refractivity contribution >= 4 is 34.8 Å². The third-order valence-corrected chi connectivity index (χ3v) is 5.13. The number of hydrogen-bond donors (Lipinski definition) is 2. The molecule has 3 aromatic carbocycles. The maximum atomic E-state index is 13.3. The van der Waals surface area contributed by atoms with Crippen molar-refractivity contribution in [2.75, 3.05) is 5.32 Å². The number of anilines is 1. The summed E-state index contributed by atoms with van der Waals surface area (Å²) in [6.45, 7) is 3.89. The summed E-state index contributed by atoms with van der Waals surface area (Å²) in [5.41, 5.74) is 2.14. The summed E-state index contributed by atoms with van der Waals surface area (Å²) in [6.07, 6.45) is 2.38. The Balaban J connectivity index is 1.97. The number of carbonyl (C=O) groups is 2. The fourth-order valence-electron chi connectivity index (χ4n) is 3.18. The Morgan fingerprint density at radius 2 is 1.70 bits per heavy atom. The van der Waals surface area contributed by atoms with Crippen molar-refractivity contribution < 1.29 is 14.5 Å². The summed E-state index contributed by atoms with van der Waals surface area (Å²) >= 11 is 0. The lowest BCUT2D eigenvalue weighted by Crippen LogP contribution is -2.32. The second kappa shape index (κ2) is 10.9. The molecule has 2 N–H and O–H groups in total. The third-order valence-electron chi connectivity index (χ3n) is 5.13. The Morgan fingerprint density at radius 3 is 2.39 bits per heavy atom. The molecule has 0 aliphatic carbocycles. The van der Waals surface area contributed by atoms with Gasteiger partial charge in [-0.25, -0.2) is 0 Å². The van der Waals surface area contributed by atoms with Gasteiger partial charge in [0.25, 0.3) is 17.5 Å². The highest BCUT2D eigenvalue weighted by Gasteiger charge is 2.18. The molecule has 0 radical (unpaired) electrons. The van der Waals surface area contributed by atoms with Gasteiger partial charge in [0.1, 0.15) is 0 Å². The minimum Gasteiger partial charge on any atom is -0.350 e. The summed E-state index contributed by atoms with van der Waals surface area (Å²) in [5, 5.41) is 16.9. The molecule has 2 amide bonds. The maximum Gasteiger partial charge on any atom is 0.270 e. The van der Waals surface area contributed by atoms with Crippen molar-refractivity contribution in [3.05, 3.63) is 106 Å². The summed E-state index contributed by atoms with van der Waals surface area (Å²) in [4.78, 5) is 36.7. The Morgan fingerprint density at radius 1 is 1.00 bits per heavy atom. The number of nitrogens with zero attached hydrogens (tertiary/aromatic N) is 1. The van der Waals surface area contributed by atoms with Crippen molar-refractivity contribution in [3.63, 3.8) is 0 Å². The van der Waals surface area contributed by atoms with Crippen LogP contribution in [-0.2, 0) is 4.79 Å². The van der Waals surface area contributed by atoms with Crippen LogP contribution in [0.25, 0.3) is 11.6 Å². The van der Waals surface area contributed by atoms with E-state index in [0.717, 1.165) is 6.42 Å². The fourth-order valence-corrected chi connectivity index (χ4v) is 3.18. The SMILES string of the molecule is CC[C@@H](C)NC(=O)c1ccccc1NC(=O)/C(=C/c1cccc([N+](=O)[O-])c1)c1ccccc1. The number of benzene rings is 3. The molecule has 33 heavy (non-hydrogen) atoms. The molecule has 168 valence electrons. The molecular formula is C26H25N3O4. The highest BCUT2D eigenvalue weighted by molar-refractivity contribution is 6.29. The molecule has 0 aliphatic rings. The van der Waals surface area contributed by atoms with Crippen LogP contribution in [0.2, 0.25) is 0 Å². The van der Waals surface area contributed by atoms with Crippen LogP contribution in [0.1, 0.15) is 41.8 Å². The molecule has 0 saturated heterocycles. The van der Waals surface area contributed by atoms with Crippen molar-refractivity contribution in [3.8, 4) is 0 Å². The van der Waals surface area contributed by atoms with Crippen LogP contribution < -0.4 is 10.6 Å². The van der Waals surface area contributed by atoms with Gasteiger partial charge in [-0.05, 0) is 42.7 Å². The molecule has 0 heterocycles. The number of hydrogen-bond acceptors (Lipinski definition) is 4. The van der Waals surface area contributed by atoms with Crippen LogP contribution >= 0.6 is 0 Å². The first kappa shape index (κ1) is 23.4. The van der Waals surface area contributed by atoms with Crippen LogP contribution in [0.3, 0.4) is 0 Å². The standard InChI is InChI=1S/C26H25N3O4/c1-3-18(2)27-25(30)22-14-7-8-15-24(22)28-26(31)23(20-11-5-4-6-12-20)17-19-10-9-13-21(16-19)29(32)33/h4-18H,3H2,1-2H3,(H,27,30)(H,28,31)/b23-17+/t18-/m1/s1. The molecule has 3 rings (SSSR count). The number of nitro benzene ring substituents is 1. The molecule has 0 fully saturated rings. The summed E-state index contributed by atoms with van der Waals surface area (Å²) in [7, 11) is 0. The van der Waals surface area contributed by atoms with Gasteiger partial charge in [0, 0.05) is 23.7 Å². The number of non-ortho nitro benzene ring substituents is 1. The van der Waals surface area contributed by atoms with Crippen molar-refractivity contribution in [2.45, 2.75) is 26.3 Å². The molecule has 0 aromatic heterocycles. The van der Waals surface area contributed by atoms with Gasteiger partial charge in [-0.3, -0.25) is 19.7 Å². The summed E-state index contributed by atoms with van der Waals surface area (Å²) < 4.78 is 0. The lowest BCUT2D eigenvalue weighted by molar-refractivity contribution is -0.384. The van der Waals surface area contributed by atoms with Gasteiger partial charge in [0.05, 0.1) is 16.2 Å². The zero-order chi connectivity index (χ0) is 23.8. The molecule has 0 bridgehead atoms. The van der Waals surface area contributed by atoms with Crippen molar-refractivity contribution in [1.29, 1.82) is 0 Å². The van der Waals surface area contributed by atoms with Crippen LogP contribution in [0.4, 0.5) is 11.4 Å². The van der Waals surface area contributed by atoms with E-state index in [4.69, 9.17) is 0 Å². The fraction of sp³-hybridized carbons (Fsp3) is 0.154. The van der Waals surface area contributed by atoms with Gasteiger partial charge >= 0.3 is 0 Å². The summed E-state index contributed by atoms with van der Waals surface area (Å²) in [5.74, 6) is -0.708. The van der Waals surface area contributed by atoms with Crippen molar-refractivity contribution in [2.24, 2.45) is 0 Å². The first-order valence-corrected chi connectivity index (χ1v) is 10.6. The smallest absolute Gasteiger partial charge is 0.270 e. The molecule has 0 unspecified atom stereocenters. The lowest BCUT2D eigenvalue weighted by Gasteiger charge is -2.15. The van der Waals surface area contributed by atoms with E-state index in [1.54, 1.807) is 66.7 Å². The first-order chi connectivity index (χ1) is 15.9. The average molecular weight is 444 g/mol. The van der Waals surface area contributed by atoms with E-state index in [2.05, 4.69) is 10.6 Å². The minimum atomic E-state index is -0.480. The maximum absolute atomic E-state index is 13.3. The van der Waals surface area contributed by atoms with E-state index in [0.29, 0.717) is 28.0 Å². The normalized spacial score (nSPS) is 12.0. The number of carbonyl (C=O) groups excluding carboxylic acids is 2. The van der Waals surface area contributed by atoms with Gasteiger partial charge in [0.2, 0.25) is 0 Å². The number of amides is 2. The van der Waals surface area contributed by atoms with E-state index in [1.807, 2.05) is 19.9 Å². The van der Waals surface area contributed by atoms with E-state index in [9.17, 15) is 19.7 Å². The van der Waals surface area contributed by atoms with Gasteiger partial charge in [-0.1, -0.05) is 61.5 Å². The molecule has 7 heteroatoms. The van der Waals surface area contributed by atoms with Crippen LogP contribution in [0, 0.1) is 10.1 Å². The van der Waals surface area contributed by atoms with Gasteiger partial charge in [0.15, 0.2) is 0 Å². The second-order valence-corrected chi connectivity index (χ2v) is 7.56. The zero-order valence-corrected chi connectivity index (χ0v) is 18.4. The third kappa shape index (κ3) is 6.13. The number of rotatable bonds is 8. The first-order valence-electron chi connectivity index (χ1n) is 10.6.